The number of imidazole rings is 1. The molecule has 0 spiro atoms. The number of carbonyl (C=O) groups excluding carboxylic acids is 1. The van der Waals surface area contributed by atoms with E-state index in [-0.39, 0.29) is 11.4 Å². The number of nitrogens with two attached hydrogens (primary N) is 2. The molecule has 0 radical (unpaired) electrons. The molecule has 8 heteroatoms. The summed E-state index contributed by atoms with van der Waals surface area (Å²) in [6, 6.07) is 6.63. The quantitative estimate of drug-likeness (QED) is 0.483. The highest BCUT2D eigenvalue weighted by Gasteiger charge is 2.14. The van der Waals surface area contributed by atoms with Crippen LogP contribution in [0.25, 0.3) is 5.65 Å². The number of aromatic nitrogens is 3. The van der Waals surface area contributed by atoms with E-state index in [2.05, 4.69) is 15.4 Å². The second kappa shape index (κ2) is 5.10. The number of nitrogens with one attached hydrogen (secondary N) is 1. The van der Waals surface area contributed by atoms with Gasteiger partial charge in [-0.15, -0.1) is 0 Å². The van der Waals surface area contributed by atoms with Gasteiger partial charge in [0, 0.05) is 12.4 Å². The van der Waals surface area contributed by atoms with Crippen LogP contribution in [-0.2, 0) is 0 Å². The number of primary amides is 1. The summed E-state index contributed by atoms with van der Waals surface area (Å²) in [6.07, 6.45) is 4.99. The standard InChI is InChI=1S/C13H12N6O2/c14-11(20)8-3-1-2-4-9(8)21-13-12-16-5-6-19(12)7-10(17-13)18-15/h1-7,18H,15H2,(H2,14,20). The van der Waals surface area contributed by atoms with E-state index in [9.17, 15) is 4.79 Å². The van der Waals surface area contributed by atoms with Gasteiger partial charge >= 0.3 is 0 Å². The van der Waals surface area contributed by atoms with E-state index in [0.717, 1.165) is 0 Å². The third-order valence-electron chi connectivity index (χ3n) is 2.85. The molecular weight excluding hydrogens is 272 g/mol. The zero-order chi connectivity index (χ0) is 14.8. The second-order valence-corrected chi connectivity index (χ2v) is 4.20. The summed E-state index contributed by atoms with van der Waals surface area (Å²) in [5.41, 5.74) is 8.52. The van der Waals surface area contributed by atoms with Crippen LogP contribution in [0.15, 0.2) is 42.9 Å². The van der Waals surface area contributed by atoms with Crippen molar-refractivity contribution in [2.24, 2.45) is 11.6 Å². The summed E-state index contributed by atoms with van der Waals surface area (Å²) >= 11 is 0. The number of ether oxygens (including phenoxy) is 1. The molecule has 0 aliphatic carbocycles. The van der Waals surface area contributed by atoms with Crippen LogP contribution in [0, 0.1) is 0 Å². The number of amides is 1. The third kappa shape index (κ3) is 2.35. The summed E-state index contributed by atoms with van der Waals surface area (Å²) in [7, 11) is 0. The highest BCUT2D eigenvalue weighted by atomic mass is 16.5. The lowest BCUT2D eigenvalue weighted by molar-refractivity contribution is 0.0998. The van der Waals surface area contributed by atoms with Gasteiger partial charge in [0.2, 0.25) is 5.65 Å². The minimum Gasteiger partial charge on any atom is -0.435 e. The summed E-state index contributed by atoms with van der Waals surface area (Å²) in [5, 5.41) is 0. The topological polar surface area (TPSA) is 121 Å². The van der Waals surface area contributed by atoms with Crippen LogP contribution in [0.2, 0.25) is 0 Å². The van der Waals surface area contributed by atoms with E-state index in [4.69, 9.17) is 16.3 Å². The van der Waals surface area contributed by atoms with Gasteiger partial charge in [-0.2, -0.15) is 4.98 Å². The number of hydrogen-bond donors (Lipinski definition) is 3. The number of hydrogen-bond acceptors (Lipinski definition) is 6. The smallest absolute Gasteiger partial charge is 0.265 e. The maximum absolute atomic E-state index is 11.4. The predicted octanol–water partition coefficient (Wildman–Crippen LogP) is 0.906. The minimum absolute atomic E-state index is 0.212. The van der Waals surface area contributed by atoms with Crippen LogP contribution in [0.3, 0.4) is 0 Å². The fourth-order valence-corrected chi connectivity index (χ4v) is 1.90. The summed E-state index contributed by atoms with van der Waals surface area (Å²) in [4.78, 5) is 19.8. The molecule has 0 bridgehead atoms. The van der Waals surface area contributed by atoms with Crippen molar-refractivity contribution in [3.8, 4) is 11.6 Å². The Morgan fingerprint density at radius 1 is 1.33 bits per heavy atom. The number of anilines is 1. The van der Waals surface area contributed by atoms with Crippen molar-refractivity contribution in [1.29, 1.82) is 0 Å². The van der Waals surface area contributed by atoms with Crippen molar-refractivity contribution in [3.63, 3.8) is 0 Å². The van der Waals surface area contributed by atoms with E-state index in [1.54, 1.807) is 47.3 Å². The van der Waals surface area contributed by atoms with Gasteiger partial charge in [-0.25, -0.2) is 10.8 Å². The first-order valence-electron chi connectivity index (χ1n) is 6.06. The molecule has 1 aromatic carbocycles. The number of benzene rings is 1. The maximum Gasteiger partial charge on any atom is 0.265 e. The lowest BCUT2D eigenvalue weighted by atomic mass is 10.2. The molecule has 0 fully saturated rings. The summed E-state index contributed by atoms with van der Waals surface area (Å²) < 4.78 is 7.39. The molecule has 3 aromatic rings. The van der Waals surface area contributed by atoms with Crippen molar-refractivity contribution < 1.29 is 9.53 Å². The van der Waals surface area contributed by atoms with Crippen molar-refractivity contribution in [2.45, 2.75) is 0 Å². The number of para-hydroxylation sites is 1. The molecule has 21 heavy (non-hydrogen) atoms. The lowest BCUT2D eigenvalue weighted by Gasteiger charge is -2.10. The fourth-order valence-electron chi connectivity index (χ4n) is 1.90. The Bertz CT molecular complexity index is 813. The molecule has 1 amide bonds. The van der Waals surface area contributed by atoms with E-state index < -0.39 is 5.91 Å². The van der Waals surface area contributed by atoms with Gasteiger partial charge in [-0.3, -0.25) is 9.20 Å². The zero-order valence-electron chi connectivity index (χ0n) is 10.9. The molecule has 0 saturated carbocycles. The van der Waals surface area contributed by atoms with Gasteiger partial charge in [-0.05, 0) is 12.1 Å². The molecule has 2 aromatic heterocycles. The number of nitrogens with zero attached hydrogens (tertiary/aromatic N) is 3. The molecule has 2 heterocycles. The van der Waals surface area contributed by atoms with Crippen LogP contribution >= 0.6 is 0 Å². The molecular formula is C13H12N6O2. The van der Waals surface area contributed by atoms with Crippen molar-refractivity contribution in [1.82, 2.24) is 14.4 Å². The van der Waals surface area contributed by atoms with Crippen LogP contribution in [0.1, 0.15) is 10.4 Å². The Morgan fingerprint density at radius 2 is 2.14 bits per heavy atom. The molecule has 0 saturated heterocycles. The van der Waals surface area contributed by atoms with Gasteiger partial charge in [0.1, 0.15) is 5.75 Å². The summed E-state index contributed by atoms with van der Waals surface area (Å²) in [5.74, 6) is 5.70. The monoisotopic (exact) mass is 284 g/mol. The highest BCUT2D eigenvalue weighted by molar-refractivity contribution is 5.95. The van der Waals surface area contributed by atoms with Gasteiger partial charge in [0.25, 0.3) is 11.8 Å². The van der Waals surface area contributed by atoms with Gasteiger partial charge < -0.3 is 15.9 Å². The number of rotatable bonds is 4. The van der Waals surface area contributed by atoms with Crippen LogP contribution in [0.4, 0.5) is 5.82 Å². The molecule has 8 nitrogen and oxygen atoms in total. The molecule has 0 aliphatic rings. The molecule has 0 unspecified atom stereocenters. The number of nitrogen functional groups attached to an aromatic ring is 1. The Labute approximate surface area is 119 Å². The van der Waals surface area contributed by atoms with E-state index in [1.807, 2.05) is 0 Å². The van der Waals surface area contributed by atoms with Crippen molar-refractivity contribution in [3.05, 3.63) is 48.4 Å². The summed E-state index contributed by atoms with van der Waals surface area (Å²) in [6.45, 7) is 0. The third-order valence-corrected chi connectivity index (χ3v) is 2.85. The molecule has 0 atom stereocenters. The Kier molecular flexibility index (Phi) is 3.13. The number of hydrazine groups is 1. The first kappa shape index (κ1) is 12.9. The van der Waals surface area contributed by atoms with Crippen molar-refractivity contribution in [2.75, 3.05) is 5.43 Å². The average Bonchev–Trinajstić information content (AvgIpc) is 2.96. The lowest BCUT2D eigenvalue weighted by Crippen LogP contribution is -2.13. The normalized spacial score (nSPS) is 10.5. The number of fused-ring (bicyclic) bond motifs is 1. The Balaban J connectivity index is 2.10. The first-order chi connectivity index (χ1) is 10.2. The van der Waals surface area contributed by atoms with E-state index in [0.29, 0.717) is 17.2 Å². The van der Waals surface area contributed by atoms with E-state index in [1.165, 1.54) is 0 Å². The van der Waals surface area contributed by atoms with Gasteiger partial charge in [0.15, 0.2) is 5.82 Å². The zero-order valence-corrected chi connectivity index (χ0v) is 10.9. The van der Waals surface area contributed by atoms with Crippen molar-refractivity contribution >= 4 is 17.4 Å². The largest absolute Gasteiger partial charge is 0.435 e. The van der Waals surface area contributed by atoms with Crippen LogP contribution in [-0.4, -0.2) is 20.3 Å². The SMILES string of the molecule is NNc1cn2ccnc2c(Oc2ccccc2C(N)=O)n1. The molecule has 5 N–H and O–H groups in total. The molecule has 0 aliphatic heterocycles. The Morgan fingerprint density at radius 3 is 2.90 bits per heavy atom. The van der Waals surface area contributed by atoms with Gasteiger partial charge in [0.05, 0.1) is 11.8 Å². The average molecular weight is 284 g/mol. The highest BCUT2D eigenvalue weighted by Crippen LogP contribution is 2.27. The Hall–Kier alpha value is -3.13. The number of carbonyl (C=O) groups is 1. The van der Waals surface area contributed by atoms with Crippen LogP contribution < -0.4 is 21.7 Å². The maximum atomic E-state index is 11.4. The first-order valence-corrected chi connectivity index (χ1v) is 6.06. The second-order valence-electron chi connectivity index (χ2n) is 4.20. The fraction of sp³-hybridized carbons (Fsp3) is 0. The molecule has 3 rings (SSSR count). The minimum atomic E-state index is -0.585. The molecule has 106 valence electrons. The van der Waals surface area contributed by atoms with Gasteiger partial charge in [-0.1, -0.05) is 12.1 Å². The van der Waals surface area contributed by atoms with Crippen LogP contribution in [0.5, 0.6) is 11.6 Å². The predicted molar refractivity (Wildman–Crippen MR) is 75.8 cm³/mol. The van der Waals surface area contributed by atoms with E-state index >= 15 is 0 Å².